The third kappa shape index (κ3) is 2.59. The number of anilines is 1. The van der Waals surface area contributed by atoms with Crippen molar-refractivity contribution >= 4 is 11.7 Å². The van der Waals surface area contributed by atoms with Crippen LogP contribution in [0.25, 0.3) is 0 Å². The van der Waals surface area contributed by atoms with E-state index in [0.29, 0.717) is 12.2 Å². The summed E-state index contributed by atoms with van der Waals surface area (Å²) in [7, 11) is 0. The van der Waals surface area contributed by atoms with Crippen LogP contribution in [0.2, 0.25) is 0 Å². The largest absolute Gasteiger partial charge is 0.478 e. The molecule has 5 heteroatoms. The van der Waals surface area contributed by atoms with Gasteiger partial charge in [0.2, 0.25) is 0 Å². The number of carbonyl (C=O) groups is 1. The first kappa shape index (κ1) is 13.1. The molecule has 100 valence electrons. The van der Waals surface area contributed by atoms with E-state index in [2.05, 4.69) is 10.5 Å². The van der Waals surface area contributed by atoms with Crippen molar-refractivity contribution in [2.75, 3.05) is 5.32 Å². The maximum absolute atomic E-state index is 11.2. The van der Waals surface area contributed by atoms with Crippen LogP contribution in [0.1, 0.15) is 32.9 Å². The predicted octanol–water partition coefficient (Wildman–Crippen LogP) is 2.91. The zero-order valence-corrected chi connectivity index (χ0v) is 11.2. The van der Waals surface area contributed by atoms with Gasteiger partial charge in [0.15, 0.2) is 0 Å². The first-order valence-electron chi connectivity index (χ1n) is 5.99. The van der Waals surface area contributed by atoms with Crippen molar-refractivity contribution in [1.29, 1.82) is 0 Å². The van der Waals surface area contributed by atoms with Crippen molar-refractivity contribution < 1.29 is 14.4 Å². The molecule has 0 saturated carbocycles. The zero-order chi connectivity index (χ0) is 14.0. The second-order valence-electron chi connectivity index (χ2n) is 4.46. The molecular formula is C14H16N2O3. The molecule has 0 bridgehead atoms. The van der Waals surface area contributed by atoms with Crippen molar-refractivity contribution in [3.05, 3.63) is 46.3 Å². The number of carboxylic acids is 1. The minimum absolute atomic E-state index is 0.270. The van der Waals surface area contributed by atoms with Gasteiger partial charge in [-0.2, -0.15) is 0 Å². The second kappa shape index (κ2) is 5.14. The first-order chi connectivity index (χ1) is 9.00. The third-order valence-electron chi connectivity index (χ3n) is 3.13. The van der Waals surface area contributed by atoms with Gasteiger partial charge in [-0.25, -0.2) is 4.79 Å². The molecule has 0 aliphatic heterocycles. The van der Waals surface area contributed by atoms with Crippen molar-refractivity contribution in [1.82, 2.24) is 5.16 Å². The van der Waals surface area contributed by atoms with Gasteiger partial charge in [-0.3, -0.25) is 0 Å². The van der Waals surface area contributed by atoms with Crippen molar-refractivity contribution in [3.8, 4) is 0 Å². The molecule has 0 saturated heterocycles. The molecular weight excluding hydrogens is 244 g/mol. The Morgan fingerprint density at radius 2 is 2.11 bits per heavy atom. The van der Waals surface area contributed by atoms with Crippen molar-refractivity contribution in [2.45, 2.75) is 27.3 Å². The van der Waals surface area contributed by atoms with Gasteiger partial charge >= 0.3 is 5.97 Å². The van der Waals surface area contributed by atoms with E-state index in [1.165, 1.54) is 0 Å². The van der Waals surface area contributed by atoms with Crippen molar-refractivity contribution in [2.24, 2.45) is 0 Å². The van der Waals surface area contributed by atoms with Crippen LogP contribution in [-0.2, 0) is 6.54 Å². The Morgan fingerprint density at radius 1 is 1.37 bits per heavy atom. The molecule has 5 nitrogen and oxygen atoms in total. The van der Waals surface area contributed by atoms with Crippen LogP contribution in [0.3, 0.4) is 0 Å². The molecule has 0 spiro atoms. The monoisotopic (exact) mass is 260 g/mol. The van der Waals surface area contributed by atoms with Gasteiger partial charge in [0.1, 0.15) is 5.76 Å². The molecule has 1 aromatic carbocycles. The fourth-order valence-corrected chi connectivity index (χ4v) is 2.01. The third-order valence-corrected chi connectivity index (χ3v) is 3.13. The number of rotatable bonds is 4. The molecule has 2 aromatic rings. The number of aryl methyl sites for hydroxylation is 3. The number of nitrogens with one attached hydrogen (secondary N) is 1. The van der Waals surface area contributed by atoms with E-state index in [1.54, 1.807) is 12.1 Å². The highest BCUT2D eigenvalue weighted by atomic mass is 16.5. The number of benzene rings is 1. The number of aromatic nitrogens is 1. The smallest absolute Gasteiger partial charge is 0.337 e. The average Bonchev–Trinajstić information content (AvgIpc) is 2.67. The predicted molar refractivity (Wildman–Crippen MR) is 71.4 cm³/mol. The molecule has 2 N–H and O–H groups in total. The summed E-state index contributed by atoms with van der Waals surface area (Å²) in [5, 5.41) is 16.2. The maximum Gasteiger partial charge on any atom is 0.337 e. The molecule has 1 heterocycles. The summed E-state index contributed by atoms with van der Waals surface area (Å²) in [6.45, 7) is 6.07. The summed E-state index contributed by atoms with van der Waals surface area (Å²) in [4.78, 5) is 11.2. The number of nitrogens with zero attached hydrogens (tertiary/aromatic N) is 1. The fraction of sp³-hybridized carbons (Fsp3) is 0.286. The fourth-order valence-electron chi connectivity index (χ4n) is 2.01. The van der Waals surface area contributed by atoms with E-state index in [4.69, 9.17) is 4.52 Å². The molecule has 0 aliphatic carbocycles. The van der Waals surface area contributed by atoms with E-state index < -0.39 is 5.97 Å². The summed E-state index contributed by atoms with van der Waals surface area (Å²) >= 11 is 0. The molecule has 0 unspecified atom stereocenters. The highest BCUT2D eigenvalue weighted by Gasteiger charge is 2.14. The number of hydrogen-bond acceptors (Lipinski definition) is 4. The Balaban J connectivity index is 2.27. The molecule has 19 heavy (non-hydrogen) atoms. The van der Waals surface area contributed by atoms with Crippen LogP contribution in [0, 0.1) is 20.8 Å². The lowest BCUT2D eigenvalue weighted by molar-refractivity contribution is 0.0698. The van der Waals surface area contributed by atoms with Gasteiger partial charge in [0, 0.05) is 12.1 Å². The minimum Gasteiger partial charge on any atom is -0.478 e. The molecule has 0 fully saturated rings. The summed E-state index contributed by atoms with van der Waals surface area (Å²) in [5.74, 6) is -0.194. The topological polar surface area (TPSA) is 75.4 Å². The van der Waals surface area contributed by atoms with Gasteiger partial charge < -0.3 is 14.9 Å². The molecule has 0 radical (unpaired) electrons. The summed E-state index contributed by atoms with van der Waals surface area (Å²) in [6.07, 6.45) is 0. The van der Waals surface area contributed by atoms with Gasteiger partial charge in [-0.15, -0.1) is 0 Å². The number of hydrogen-bond donors (Lipinski definition) is 2. The average molecular weight is 260 g/mol. The Kier molecular flexibility index (Phi) is 3.55. The Morgan fingerprint density at radius 3 is 2.68 bits per heavy atom. The van der Waals surface area contributed by atoms with Gasteiger partial charge in [-0.05, 0) is 32.4 Å². The molecule has 2 rings (SSSR count). The second-order valence-corrected chi connectivity index (χ2v) is 4.46. The van der Waals surface area contributed by atoms with Crippen LogP contribution in [0.5, 0.6) is 0 Å². The zero-order valence-electron chi connectivity index (χ0n) is 11.2. The van der Waals surface area contributed by atoms with Crippen molar-refractivity contribution in [3.63, 3.8) is 0 Å². The lowest BCUT2D eigenvalue weighted by atomic mass is 10.1. The van der Waals surface area contributed by atoms with Gasteiger partial charge in [0.05, 0.1) is 16.9 Å². The summed E-state index contributed by atoms with van der Waals surface area (Å²) in [6, 6.07) is 5.20. The standard InChI is InChI=1S/C14H16N2O3/c1-8-5-4-6-11(14(17)18)13(8)15-7-12-9(2)16-19-10(12)3/h4-6,15H,7H2,1-3H3,(H,17,18). The molecule has 1 aromatic heterocycles. The molecule has 0 aliphatic rings. The number of carboxylic acid groups (broad SMARTS) is 1. The lowest BCUT2D eigenvalue weighted by Gasteiger charge is -2.12. The number of aromatic carboxylic acids is 1. The highest BCUT2D eigenvalue weighted by molar-refractivity contribution is 5.95. The Bertz CT molecular complexity index is 598. The van der Waals surface area contributed by atoms with Crippen LogP contribution in [0.4, 0.5) is 5.69 Å². The molecule has 0 atom stereocenters. The normalized spacial score (nSPS) is 10.5. The van der Waals surface area contributed by atoms with E-state index >= 15 is 0 Å². The van der Waals surface area contributed by atoms with E-state index in [1.807, 2.05) is 26.8 Å². The van der Waals surface area contributed by atoms with Gasteiger partial charge in [-0.1, -0.05) is 17.3 Å². The van der Waals surface area contributed by atoms with Crippen LogP contribution in [0.15, 0.2) is 22.7 Å². The summed E-state index contributed by atoms with van der Waals surface area (Å²) < 4.78 is 5.09. The quantitative estimate of drug-likeness (QED) is 0.884. The van der Waals surface area contributed by atoms with Crippen LogP contribution in [-0.4, -0.2) is 16.2 Å². The Hall–Kier alpha value is -2.30. The van der Waals surface area contributed by atoms with Gasteiger partial charge in [0.25, 0.3) is 0 Å². The minimum atomic E-state index is -0.940. The highest BCUT2D eigenvalue weighted by Crippen LogP contribution is 2.22. The molecule has 0 amide bonds. The first-order valence-corrected chi connectivity index (χ1v) is 5.99. The summed E-state index contributed by atoms with van der Waals surface area (Å²) in [5.41, 5.74) is 3.57. The Labute approximate surface area is 111 Å². The van der Waals surface area contributed by atoms with Crippen LogP contribution < -0.4 is 5.32 Å². The SMILES string of the molecule is Cc1cccc(C(=O)O)c1NCc1c(C)noc1C. The van der Waals surface area contributed by atoms with E-state index in [9.17, 15) is 9.90 Å². The van der Waals surface area contributed by atoms with E-state index in [-0.39, 0.29) is 5.56 Å². The lowest BCUT2D eigenvalue weighted by Crippen LogP contribution is -2.08. The number of para-hydroxylation sites is 1. The van der Waals surface area contributed by atoms with E-state index in [0.717, 1.165) is 22.6 Å². The van der Waals surface area contributed by atoms with Crippen LogP contribution >= 0.6 is 0 Å². The maximum atomic E-state index is 11.2.